The third kappa shape index (κ3) is 5.31. The highest BCUT2D eigenvalue weighted by Crippen LogP contribution is 2.26. The first kappa shape index (κ1) is 22.3. The average Bonchev–Trinajstić information content (AvgIpc) is 2.83. The van der Waals surface area contributed by atoms with Crippen LogP contribution in [0.1, 0.15) is 29.3 Å². The van der Waals surface area contributed by atoms with Gasteiger partial charge in [0, 0.05) is 30.9 Å². The van der Waals surface area contributed by atoms with E-state index >= 15 is 0 Å². The highest BCUT2D eigenvalue weighted by atomic mass is 19.1. The van der Waals surface area contributed by atoms with Gasteiger partial charge in [-0.05, 0) is 67.4 Å². The number of nitrogens with one attached hydrogen (secondary N) is 1. The SMILES string of the molecule is CCOc1ccccc1NC(=O)c1ccc(N2CCCN(Cc3ccc(F)cc3)C2=O)cc1. The number of para-hydroxylation sites is 2. The van der Waals surface area contributed by atoms with E-state index in [1.54, 1.807) is 52.3 Å². The lowest BCUT2D eigenvalue weighted by molar-refractivity contribution is 0.102. The number of carbonyl (C=O) groups is 2. The molecule has 170 valence electrons. The van der Waals surface area contributed by atoms with Gasteiger partial charge >= 0.3 is 6.03 Å². The van der Waals surface area contributed by atoms with Crippen LogP contribution in [-0.4, -0.2) is 36.5 Å². The van der Waals surface area contributed by atoms with E-state index in [9.17, 15) is 14.0 Å². The van der Waals surface area contributed by atoms with Crippen molar-refractivity contribution in [2.45, 2.75) is 19.9 Å². The maximum atomic E-state index is 13.2. The number of carbonyl (C=O) groups excluding carboxylic acids is 2. The van der Waals surface area contributed by atoms with Crippen molar-refractivity contribution in [3.8, 4) is 5.75 Å². The minimum atomic E-state index is -0.296. The first-order valence-electron chi connectivity index (χ1n) is 11.0. The highest BCUT2D eigenvalue weighted by molar-refractivity contribution is 6.05. The molecule has 0 bridgehead atoms. The highest BCUT2D eigenvalue weighted by Gasteiger charge is 2.27. The number of halogens is 1. The van der Waals surface area contributed by atoms with E-state index in [4.69, 9.17) is 4.74 Å². The molecule has 1 saturated heterocycles. The predicted molar refractivity (Wildman–Crippen MR) is 126 cm³/mol. The summed E-state index contributed by atoms with van der Waals surface area (Å²) in [6.45, 7) is 4.07. The lowest BCUT2D eigenvalue weighted by Gasteiger charge is -2.35. The van der Waals surface area contributed by atoms with Gasteiger partial charge in [0.2, 0.25) is 0 Å². The van der Waals surface area contributed by atoms with Crippen LogP contribution in [0.3, 0.4) is 0 Å². The van der Waals surface area contributed by atoms with Crippen LogP contribution in [0.2, 0.25) is 0 Å². The molecule has 7 heteroatoms. The summed E-state index contributed by atoms with van der Waals surface area (Å²) in [7, 11) is 0. The van der Waals surface area contributed by atoms with Crippen molar-refractivity contribution < 1.29 is 18.7 Å². The van der Waals surface area contributed by atoms with E-state index in [1.165, 1.54) is 12.1 Å². The number of amides is 3. The van der Waals surface area contributed by atoms with Crippen LogP contribution in [-0.2, 0) is 6.54 Å². The largest absolute Gasteiger partial charge is 0.492 e. The second-order valence-electron chi connectivity index (χ2n) is 7.77. The van der Waals surface area contributed by atoms with Gasteiger partial charge in [-0.1, -0.05) is 24.3 Å². The molecule has 1 heterocycles. The topological polar surface area (TPSA) is 61.9 Å². The van der Waals surface area contributed by atoms with E-state index in [2.05, 4.69) is 5.32 Å². The molecule has 3 amide bonds. The van der Waals surface area contributed by atoms with Crippen molar-refractivity contribution in [1.82, 2.24) is 4.90 Å². The summed E-state index contributed by atoms with van der Waals surface area (Å²) in [5.74, 6) is 0.0672. The summed E-state index contributed by atoms with van der Waals surface area (Å²) in [5.41, 5.74) is 2.70. The fourth-order valence-corrected chi connectivity index (χ4v) is 3.82. The first-order chi connectivity index (χ1) is 16.0. The molecule has 1 aliphatic rings. The van der Waals surface area contributed by atoms with Gasteiger partial charge in [0.25, 0.3) is 5.91 Å². The van der Waals surface area contributed by atoms with E-state index in [0.29, 0.717) is 43.2 Å². The maximum Gasteiger partial charge on any atom is 0.324 e. The molecule has 0 atom stereocenters. The van der Waals surface area contributed by atoms with Crippen molar-refractivity contribution in [2.24, 2.45) is 0 Å². The Balaban J connectivity index is 1.43. The number of benzene rings is 3. The summed E-state index contributed by atoms with van der Waals surface area (Å²) in [5, 5.41) is 2.88. The zero-order valence-electron chi connectivity index (χ0n) is 18.5. The van der Waals surface area contributed by atoms with Gasteiger partial charge in [0.05, 0.1) is 12.3 Å². The molecular weight excluding hydrogens is 421 g/mol. The normalized spacial score (nSPS) is 13.7. The van der Waals surface area contributed by atoms with Crippen molar-refractivity contribution in [1.29, 1.82) is 0 Å². The molecule has 6 nitrogen and oxygen atoms in total. The van der Waals surface area contributed by atoms with Gasteiger partial charge in [-0.2, -0.15) is 0 Å². The third-order valence-electron chi connectivity index (χ3n) is 5.47. The van der Waals surface area contributed by atoms with Crippen LogP contribution in [0.25, 0.3) is 0 Å². The van der Waals surface area contributed by atoms with E-state index in [-0.39, 0.29) is 17.8 Å². The Bertz CT molecular complexity index is 1120. The Labute approximate surface area is 192 Å². The zero-order valence-corrected chi connectivity index (χ0v) is 18.5. The Morgan fingerprint density at radius 3 is 2.45 bits per heavy atom. The van der Waals surface area contributed by atoms with Gasteiger partial charge in [0.1, 0.15) is 11.6 Å². The predicted octanol–water partition coefficient (Wildman–Crippen LogP) is 5.31. The standard InChI is InChI=1S/C26H26FN3O3/c1-2-33-24-7-4-3-6-23(24)28-25(31)20-10-14-22(15-11-20)30-17-5-16-29(26(30)32)18-19-8-12-21(27)13-9-19/h3-4,6-15H,2,5,16-18H2,1H3,(H,28,31). The van der Waals surface area contributed by atoms with Gasteiger partial charge in [-0.15, -0.1) is 0 Å². The van der Waals surface area contributed by atoms with E-state index < -0.39 is 0 Å². The summed E-state index contributed by atoms with van der Waals surface area (Å²) in [6, 6.07) is 20.3. The summed E-state index contributed by atoms with van der Waals surface area (Å²) >= 11 is 0. The molecule has 1 N–H and O–H groups in total. The minimum absolute atomic E-state index is 0.103. The number of hydrogen-bond donors (Lipinski definition) is 1. The van der Waals surface area contributed by atoms with Crippen LogP contribution in [0, 0.1) is 5.82 Å². The Morgan fingerprint density at radius 1 is 1.00 bits per heavy atom. The number of urea groups is 1. The smallest absolute Gasteiger partial charge is 0.324 e. The van der Waals surface area contributed by atoms with Crippen LogP contribution in [0.4, 0.5) is 20.6 Å². The van der Waals surface area contributed by atoms with Crippen molar-refractivity contribution in [3.63, 3.8) is 0 Å². The fraction of sp³-hybridized carbons (Fsp3) is 0.231. The number of anilines is 2. The molecule has 0 radical (unpaired) electrons. The van der Waals surface area contributed by atoms with Crippen LogP contribution < -0.4 is 15.0 Å². The van der Waals surface area contributed by atoms with Crippen molar-refractivity contribution in [3.05, 3.63) is 89.7 Å². The van der Waals surface area contributed by atoms with Gasteiger partial charge < -0.3 is 15.0 Å². The molecule has 0 unspecified atom stereocenters. The van der Waals surface area contributed by atoms with Gasteiger partial charge in [0.15, 0.2) is 0 Å². The lowest BCUT2D eigenvalue weighted by atomic mass is 10.1. The molecule has 0 saturated carbocycles. The molecule has 0 aromatic heterocycles. The third-order valence-corrected chi connectivity index (χ3v) is 5.47. The number of nitrogens with zero attached hydrogens (tertiary/aromatic N) is 2. The summed E-state index contributed by atoms with van der Waals surface area (Å²) in [4.78, 5) is 29.2. The molecule has 0 aliphatic carbocycles. The number of rotatable bonds is 7. The van der Waals surface area contributed by atoms with Crippen LogP contribution in [0.15, 0.2) is 72.8 Å². The molecular formula is C26H26FN3O3. The molecule has 33 heavy (non-hydrogen) atoms. The molecule has 3 aromatic rings. The maximum absolute atomic E-state index is 13.2. The second kappa shape index (κ2) is 10.2. The Hall–Kier alpha value is -3.87. The van der Waals surface area contributed by atoms with Crippen molar-refractivity contribution >= 4 is 23.3 Å². The minimum Gasteiger partial charge on any atom is -0.492 e. The number of hydrogen-bond acceptors (Lipinski definition) is 3. The Morgan fingerprint density at radius 2 is 1.73 bits per heavy atom. The number of ether oxygens (including phenoxy) is 1. The van der Waals surface area contributed by atoms with Crippen LogP contribution >= 0.6 is 0 Å². The Kier molecular flexibility index (Phi) is 6.88. The molecule has 1 fully saturated rings. The molecule has 1 aliphatic heterocycles. The van der Waals surface area contributed by atoms with Crippen molar-refractivity contribution in [2.75, 3.05) is 29.9 Å². The van der Waals surface area contributed by atoms with Gasteiger partial charge in [-0.3, -0.25) is 9.69 Å². The lowest BCUT2D eigenvalue weighted by Crippen LogP contribution is -2.49. The van der Waals surface area contributed by atoms with Crippen LogP contribution in [0.5, 0.6) is 5.75 Å². The van der Waals surface area contributed by atoms with Gasteiger partial charge in [-0.25, -0.2) is 9.18 Å². The molecule has 0 spiro atoms. The zero-order chi connectivity index (χ0) is 23.2. The molecule has 4 rings (SSSR count). The second-order valence-corrected chi connectivity index (χ2v) is 7.77. The average molecular weight is 448 g/mol. The first-order valence-corrected chi connectivity index (χ1v) is 11.0. The summed E-state index contributed by atoms with van der Waals surface area (Å²) < 4.78 is 18.7. The van der Waals surface area contributed by atoms with E-state index in [0.717, 1.165) is 17.7 Å². The summed E-state index contributed by atoms with van der Waals surface area (Å²) in [6.07, 6.45) is 0.823. The molecule has 3 aromatic carbocycles. The monoisotopic (exact) mass is 447 g/mol. The fourth-order valence-electron chi connectivity index (χ4n) is 3.82. The quantitative estimate of drug-likeness (QED) is 0.534. The van der Waals surface area contributed by atoms with E-state index in [1.807, 2.05) is 25.1 Å².